The van der Waals surface area contributed by atoms with Gasteiger partial charge in [-0.15, -0.1) is 0 Å². The van der Waals surface area contributed by atoms with Crippen LogP contribution in [0.1, 0.15) is 34.0 Å². The van der Waals surface area contributed by atoms with E-state index in [4.69, 9.17) is 5.73 Å². The molecule has 8 nitrogen and oxygen atoms in total. The molecular weight excluding hydrogens is 612 g/mol. The van der Waals surface area contributed by atoms with Gasteiger partial charge in [-0.25, -0.2) is 9.18 Å². The van der Waals surface area contributed by atoms with E-state index in [2.05, 4.69) is 9.88 Å². The van der Waals surface area contributed by atoms with Crippen LogP contribution in [0.4, 0.5) is 23.2 Å². The number of hydrogen-bond acceptors (Lipinski definition) is 6. The van der Waals surface area contributed by atoms with Crippen molar-refractivity contribution in [2.24, 2.45) is 5.73 Å². The summed E-state index contributed by atoms with van der Waals surface area (Å²) in [5.41, 5.74) is 6.13. The van der Waals surface area contributed by atoms with Crippen molar-refractivity contribution in [1.82, 2.24) is 19.0 Å². The van der Waals surface area contributed by atoms with Crippen molar-refractivity contribution in [2.75, 3.05) is 31.1 Å². The first kappa shape index (κ1) is 32.1. The second-order valence-electron chi connectivity index (χ2n) is 11.8. The van der Waals surface area contributed by atoms with Gasteiger partial charge in [-0.05, 0) is 36.2 Å². The summed E-state index contributed by atoms with van der Waals surface area (Å²) in [4.78, 5) is 36.6. The number of fused-ring (bicyclic) bond motifs is 1. The van der Waals surface area contributed by atoms with E-state index in [1.54, 1.807) is 30.5 Å². The molecule has 6 rings (SSSR count). The Morgan fingerprint density at radius 1 is 0.851 bits per heavy atom. The first-order chi connectivity index (χ1) is 22.5. The fourth-order valence-electron chi connectivity index (χ4n) is 6.31. The van der Waals surface area contributed by atoms with Crippen LogP contribution >= 0.6 is 0 Å². The van der Waals surface area contributed by atoms with Gasteiger partial charge in [0.05, 0.1) is 24.2 Å². The molecule has 1 aliphatic rings. The molecule has 2 aromatic heterocycles. The fourth-order valence-corrected chi connectivity index (χ4v) is 6.31. The number of anilines is 1. The normalized spacial score (nSPS) is 14.9. The first-order valence-corrected chi connectivity index (χ1v) is 15.3. The van der Waals surface area contributed by atoms with Crippen molar-refractivity contribution >= 4 is 16.6 Å². The Morgan fingerprint density at radius 3 is 2.28 bits per heavy atom. The number of rotatable bonds is 8. The molecule has 0 unspecified atom stereocenters. The molecular formula is C35H34F4N6O2. The highest BCUT2D eigenvalue weighted by molar-refractivity contribution is 5.81. The molecule has 1 aliphatic heterocycles. The van der Waals surface area contributed by atoms with Crippen molar-refractivity contribution in [3.8, 4) is 0 Å². The molecule has 0 bridgehead atoms. The van der Waals surface area contributed by atoms with E-state index in [0.717, 1.165) is 43.8 Å². The zero-order valence-corrected chi connectivity index (χ0v) is 25.8. The van der Waals surface area contributed by atoms with E-state index in [1.807, 2.05) is 41.3 Å². The molecule has 0 saturated carbocycles. The zero-order valence-electron chi connectivity index (χ0n) is 25.8. The Kier molecular flexibility index (Phi) is 8.98. The summed E-state index contributed by atoms with van der Waals surface area (Å²) < 4.78 is 58.8. The molecule has 0 radical (unpaired) electrons. The van der Waals surface area contributed by atoms with Crippen molar-refractivity contribution in [1.29, 1.82) is 0 Å². The highest BCUT2D eigenvalue weighted by Crippen LogP contribution is 2.34. The summed E-state index contributed by atoms with van der Waals surface area (Å²) in [5, 5.41) is 1.04. The fraction of sp³-hybridized carbons (Fsp3) is 0.286. The Labute approximate surface area is 268 Å². The predicted molar refractivity (Wildman–Crippen MR) is 173 cm³/mol. The van der Waals surface area contributed by atoms with Crippen molar-refractivity contribution in [2.45, 2.75) is 38.8 Å². The number of para-hydroxylation sites is 1. The quantitative estimate of drug-likeness (QED) is 0.236. The van der Waals surface area contributed by atoms with Gasteiger partial charge in [0.2, 0.25) is 0 Å². The number of alkyl halides is 3. The summed E-state index contributed by atoms with van der Waals surface area (Å²) >= 11 is 0. The molecule has 5 aromatic rings. The Hall–Kier alpha value is -4.81. The largest absolute Gasteiger partial charge is 0.416 e. The summed E-state index contributed by atoms with van der Waals surface area (Å²) in [6, 6.07) is 20.8. The van der Waals surface area contributed by atoms with Crippen LogP contribution in [0.25, 0.3) is 10.9 Å². The number of halogens is 4. The summed E-state index contributed by atoms with van der Waals surface area (Å²) in [6.45, 7) is 3.23. The number of nitrogens with two attached hydrogens (primary N) is 1. The van der Waals surface area contributed by atoms with Crippen LogP contribution in [-0.4, -0.2) is 45.2 Å². The number of piperazine rings is 1. The van der Waals surface area contributed by atoms with Crippen LogP contribution in [0.5, 0.6) is 0 Å². The van der Waals surface area contributed by atoms with Gasteiger partial charge >= 0.3 is 11.9 Å². The lowest BCUT2D eigenvalue weighted by Crippen LogP contribution is -2.51. The van der Waals surface area contributed by atoms with E-state index < -0.39 is 47.0 Å². The smallest absolute Gasteiger partial charge is 0.363 e. The minimum atomic E-state index is -4.85. The summed E-state index contributed by atoms with van der Waals surface area (Å²) in [5.74, 6) is -1.09. The van der Waals surface area contributed by atoms with Crippen LogP contribution in [-0.2, 0) is 25.8 Å². The van der Waals surface area contributed by atoms with E-state index in [-0.39, 0.29) is 17.9 Å². The van der Waals surface area contributed by atoms with Gasteiger partial charge in [0.25, 0.3) is 5.56 Å². The molecule has 0 aliphatic carbocycles. The van der Waals surface area contributed by atoms with Gasteiger partial charge in [-0.3, -0.25) is 23.8 Å². The zero-order chi connectivity index (χ0) is 33.3. The first-order valence-electron chi connectivity index (χ1n) is 15.3. The number of nitrogens with zero attached hydrogens (tertiary/aromatic N) is 5. The molecule has 0 amide bonds. The van der Waals surface area contributed by atoms with Crippen LogP contribution in [0.2, 0.25) is 0 Å². The van der Waals surface area contributed by atoms with E-state index in [1.165, 1.54) is 6.92 Å². The highest BCUT2D eigenvalue weighted by Gasteiger charge is 2.35. The molecule has 3 heterocycles. The van der Waals surface area contributed by atoms with Gasteiger partial charge < -0.3 is 10.6 Å². The van der Waals surface area contributed by atoms with E-state index in [9.17, 15) is 27.2 Å². The number of pyridine rings is 1. The molecule has 1 saturated heterocycles. The van der Waals surface area contributed by atoms with Crippen LogP contribution in [0.15, 0.2) is 94.6 Å². The van der Waals surface area contributed by atoms with Gasteiger partial charge in [0, 0.05) is 61.6 Å². The Morgan fingerprint density at radius 2 is 1.55 bits per heavy atom. The maximum absolute atomic E-state index is 15.0. The molecule has 1 atom stereocenters. The van der Waals surface area contributed by atoms with Gasteiger partial charge in [0.15, 0.2) is 0 Å². The summed E-state index contributed by atoms with van der Waals surface area (Å²) in [6.07, 6.45) is -3.09. The average Bonchev–Trinajstić information content (AvgIpc) is 3.06. The van der Waals surface area contributed by atoms with Crippen molar-refractivity contribution in [3.63, 3.8) is 0 Å². The predicted octanol–water partition coefficient (Wildman–Crippen LogP) is 5.10. The van der Waals surface area contributed by atoms with Crippen LogP contribution < -0.4 is 21.9 Å². The van der Waals surface area contributed by atoms with E-state index >= 15 is 0 Å². The van der Waals surface area contributed by atoms with Crippen LogP contribution in [0, 0.1) is 12.7 Å². The minimum Gasteiger partial charge on any atom is -0.363 e. The topological polar surface area (TPSA) is 89.4 Å². The second kappa shape index (κ2) is 13.1. The van der Waals surface area contributed by atoms with Crippen molar-refractivity contribution < 1.29 is 17.6 Å². The molecule has 2 N–H and O–H groups in total. The molecule has 12 heteroatoms. The standard InChI is InChI=1S/C35H34F4N6O2/c1-23-32(43-18-16-42(17-19-43)20-26-11-5-10-25-12-7-15-41-31(25)26)33(46)45(22-30(40)24-8-3-2-4-9-24)34(47)44(23)21-27-28(35(37,38)39)13-6-14-29(27)36/h2-15,30H,16-22,40H2,1H3/t30-/m1/s1. The molecule has 244 valence electrons. The Bertz CT molecular complexity index is 2010. The molecule has 3 aromatic carbocycles. The average molecular weight is 647 g/mol. The van der Waals surface area contributed by atoms with Gasteiger partial charge in [-0.2, -0.15) is 13.2 Å². The third kappa shape index (κ3) is 6.56. The second-order valence-corrected chi connectivity index (χ2v) is 11.8. The lowest BCUT2D eigenvalue weighted by atomic mass is 10.1. The lowest BCUT2D eigenvalue weighted by molar-refractivity contribution is -0.138. The number of benzene rings is 3. The maximum Gasteiger partial charge on any atom is 0.416 e. The van der Waals surface area contributed by atoms with Crippen molar-refractivity contribution in [3.05, 3.63) is 140 Å². The Balaban J connectivity index is 1.36. The monoisotopic (exact) mass is 646 g/mol. The highest BCUT2D eigenvalue weighted by atomic mass is 19.4. The lowest BCUT2D eigenvalue weighted by Gasteiger charge is -2.37. The van der Waals surface area contributed by atoms with E-state index in [0.29, 0.717) is 38.3 Å². The number of hydrogen-bond donors (Lipinski definition) is 1. The van der Waals surface area contributed by atoms with Gasteiger partial charge in [-0.1, -0.05) is 60.7 Å². The third-order valence-corrected chi connectivity index (χ3v) is 8.80. The third-order valence-electron chi connectivity index (χ3n) is 8.80. The minimum absolute atomic E-state index is 0.160. The molecule has 1 fully saturated rings. The SMILES string of the molecule is Cc1c(N2CCN(Cc3cccc4cccnc34)CC2)c(=O)n(C[C@@H](N)c2ccccc2)c(=O)n1Cc1c(F)cccc1C(F)(F)F. The number of aromatic nitrogens is 3. The van der Waals surface area contributed by atoms with Crippen LogP contribution in [0.3, 0.4) is 0 Å². The summed E-state index contributed by atoms with van der Waals surface area (Å²) in [7, 11) is 0. The van der Waals surface area contributed by atoms with Gasteiger partial charge in [0.1, 0.15) is 11.5 Å². The maximum atomic E-state index is 15.0. The molecule has 47 heavy (non-hydrogen) atoms. The molecule has 0 spiro atoms.